The number of amidine groups is 1. The van der Waals surface area contributed by atoms with Crippen LogP contribution in [0.25, 0.3) is 0 Å². The number of aliphatic imine (C=N–C) groups is 1. The number of benzene rings is 1. The molecule has 2 atom stereocenters. The molecule has 3 rings (SSSR count). The molecule has 2 aromatic rings. The quantitative estimate of drug-likeness (QED) is 0.201. The van der Waals surface area contributed by atoms with Gasteiger partial charge < -0.3 is 5.32 Å². The molecule has 1 aliphatic carbocycles. The molecule has 11 nitrogen and oxygen atoms in total. The van der Waals surface area contributed by atoms with Crippen LogP contribution in [0.2, 0.25) is 0 Å². The summed E-state index contributed by atoms with van der Waals surface area (Å²) in [6.45, 7) is 0.283. The Hall–Kier alpha value is -2.13. The van der Waals surface area contributed by atoms with E-state index in [1.165, 1.54) is 18.2 Å². The second kappa shape index (κ2) is 10.5. The zero-order valence-electron chi connectivity index (χ0n) is 16.4. The summed E-state index contributed by atoms with van der Waals surface area (Å²) in [4.78, 5) is 4.23. The van der Waals surface area contributed by atoms with Gasteiger partial charge in [0.1, 0.15) is 5.82 Å². The molecule has 0 aliphatic heterocycles. The van der Waals surface area contributed by atoms with Gasteiger partial charge in [-0.25, -0.2) is 23.9 Å². The molecule has 0 radical (unpaired) electrons. The van der Waals surface area contributed by atoms with E-state index in [2.05, 4.69) is 41.3 Å². The minimum Gasteiger partial charge on any atom is -0.363 e. The molecule has 0 spiro atoms. The SMILES string of the molecule is NS(=O)(=O)NCCC1CCCC(Nc2nonc2C(=Nc2ccc(F)c(Br)c2)NO)C1. The highest BCUT2D eigenvalue weighted by Crippen LogP contribution is 2.29. The van der Waals surface area contributed by atoms with Gasteiger partial charge in [0.25, 0.3) is 10.2 Å². The van der Waals surface area contributed by atoms with Gasteiger partial charge in [-0.2, -0.15) is 8.42 Å². The molecule has 0 amide bonds. The lowest BCUT2D eigenvalue weighted by Crippen LogP contribution is -2.34. The molecule has 1 aromatic heterocycles. The molecule has 1 aromatic carbocycles. The van der Waals surface area contributed by atoms with Crippen LogP contribution in [0.4, 0.5) is 15.9 Å². The molecule has 170 valence electrons. The van der Waals surface area contributed by atoms with E-state index < -0.39 is 16.0 Å². The fraction of sp³-hybridized carbons (Fsp3) is 0.471. The van der Waals surface area contributed by atoms with Gasteiger partial charge >= 0.3 is 0 Å². The lowest BCUT2D eigenvalue weighted by molar-refractivity contribution is 0.234. The maximum Gasteiger partial charge on any atom is 0.274 e. The molecule has 1 saturated carbocycles. The number of nitrogens with two attached hydrogens (primary N) is 1. The van der Waals surface area contributed by atoms with E-state index in [9.17, 15) is 18.0 Å². The fourth-order valence-electron chi connectivity index (χ4n) is 3.54. The van der Waals surface area contributed by atoms with E-state index in [0.29, 0.717) is 23.8 Å². The van der Waals surface area contributed by atoms with Crippen molar-refractivity contribution in [2.75, 3.05) is 11.9 Å². The molecule has 14 heteroatoms. The van der Waals surface area contributed by atoms with Crippen LogP contribution in [-0.2, 0) is 10.2 Å². The number of hydrogen-bond acceptors (Lipinski definition) is 8. The summed E-state index contributed by atoms with van der Waals surface area (Å²) in [5.74, 6) is 0.153. The number of nitrogens with zero attached hydrogens (tertiary/aromatic N) is 3. The maximum absolute atomic E-state index is 13.4. The van der Waals surface area contributed by atoms with Gasteiger partial charge in [-0.15, -0.1) is 0 Å². The molecule has 1 heterocycles. The molecule has 31 heavy (non-hydrogen) atoms. The smallest absolute Gasteiger partial charge is 0.274 e. The van der Waals surface area contributed by atoms with Crippen molar-refractivity contribution in [2.45, 2.75) is 38.1 Å². The molecular weight excluding hydrogens is 497 g/mol. The normalized spacial score (nSPS) is 19.9. The first-order valence-electron chi connectivity index (χ1n) is 9.56. The van der Waals surface area contributed by atoms with E-state index in [0.717, 1.165) is 25.7 Å². The summed E-state index contributed by atoms with van der Waals surface area (Å²) in [6, 6.07) is 4.19. The summed E-state index contributed by atoms with van der Waals surface area (Å²) >= 11 is 3.09. The van der Waals surface area contributed by atoms with Crippen molar-refractivity contribution in [3.8, 4) is 0 Å². The first kappa shape index (κ1) is 23.5. The van der Waals surface area contributed by atoms with Crippen molar-refractivity contribution in [3.05, 3.63) is 34.2 Å². The number of halogens is 2. The number of hydroxylamine groups is 1. The Labute approximate surface area is 186 Å². The van der Waals surface area contributed by atoms with Crippen LogP contribution in [-0.4, -0.2) is 42.4 Å². The second-order valence-corrected chi connectivity index (χ2v) is 9.47. The van der Waals surface area contributed by atoms with E-state index in [1.807, 2.05) is 5.48 Å². The summed E-state index contributed by atoms with van der Waals surface area (Å²) in [5, 5.41) is 25.4. The molecule has 1 fully saturated rings. The number of hydrogen-bond donors (Lipinski definition) is 5. The van der Waals surface area contributed by atoms with Gasteiger partial charge in [0, 0.05) is 12.6 Å². The lowest BCUT2D eigenvalue weighted by Gasteiger charge is -2.29. The first-order valence-corrected chi connectivity index (χ1v) is 11.9. The predicted molar refractivity (Wildman–Crippen MR) is 115 cm³/mol. The van der Waals surface area contributed by atoms with E-state index in [-0.39, 0.29) is 28.6 Å². The second-order valence-electron chi connectivity index (χ2n) is 7.23. The molecule has 2 unspecified atom stereocenters. The average Bonchev–Trinajstić information content (AvgIpc) is 3.16. The highest BCUT2D eigenvalue weighted by Gasteiger charge is 2.25. The molecule has 6 N–H and O–H groups in total. The van der Waals surface area contributed by atoms with Gasteiger partial charge in [-0.1, -0.05) is 12.8 Å². The van der Waals surface area contributed by atoms with Crippen LogP contribution in [0.1, 0.15) is 37.8 Å². The van der Waals surface area contributed by atoms with Gasteiger partial charge in [0.2, 0.25) is 5.82 Å². The van der Waals surface area contributed by atoms with Crippen LogP contribution >= 0.6 is 15.9 Å². The topological polar surface area (TPSA) is 168 Å². The van der Waals surface area contributed by atoms with Gasteiger partial charge in [0.05, 0.1) is 10.2 Å². The van der Waals surface area contributed by atoms with Gasteiger partial charge in [0.15, 0.2) is 11.5 Å². The Kier molecular flexibility index (Phi) is 7.94. The third-order valence-corrected chi connectivity index (χ3v) is 6.16. The molecule has 1 aliphatic rings. The lowest BCUT2D eigenvalue weighted by atomic mass is 9.84. The highest BCUT2D eigenvalue weighted by atomic mass is 79.9. The van der Waals surface area contributed by atoms with Crippen molar-refractivity contribution >= 4 is 43.5 Å². The Morgan fingerprint density at radius 1 is 1.39 bits per heavy atom. The van der Waals surface area contributed by atoms with E-state index in [1.54, 1.807) is 0 Å². The van der Waals surface area contributed by atoms with Gasteiger partial charge in [-0.3, -0.25) is 10.7 Å². The predicted octanol–water partition coefficient (Wildman–Crippen LogP) is 2.18. The van der Waals surface area contributed by atoms with Crippen LogP contribution < -0.4 is 20.7 Å². The third kappa shape index (κ3) is 6.93. The molecule has 0 bridgehead atoms. The zero-order valence-corrected chi connectivity index (χ0v) is 18.8. The fourth-order valence-corrected chi connectivity index (χ4v) is 4.31. The molecular formula is C17H23BrFN7O4S. The Morgan fingerprint density at radius 3 is 2.90 bits per heavy atom. The van der Waals surface area contributed by atoms with Gasteiger partial charge in [-0.05, 0) is 69.6 Å². The first-order chi connectivity index (χ1) is 14.7. The Balaban J connectivity index is 1.67. The van der Waals surface area contributed by atoms with Crippen LogP contribution in [0.5, 0.6) is 0 Å². The Morgan fingerprint density at radius 2 is 2.19 bits per heavy atom. The van der Waals surface area contributed by atoms with Crippen molar-refractivity contribution in [1.82, 2.24) is 20.5 Å². The molecule has 0 saturated heterocycles. The van der Waals surface area contributed by atoms with Crippen LogP contribution in [0.15, 0.2) is 32.3 Å². The standard InChI is InChI=1S/C17H23BrFN7O4S/c18-13-9-12(4-5-14(13)19)22-16(24-27)15-17(26-30-25-15)23-11-3-1-2-10(8-11)6-7-21-31(20,28)29/h4-5,9-11,21,27H,1-3,6-8H2,(H,22,24)(H,23,26)(H2,20,28,29). The minimum absolute atomic E-state index is 0.0213. The number of rotatable bonds is 8. The van der Waals surface area contributed by atoms with Crippen molar-refractivity contribution in [1.29, 1.82) is 0 Å². The zero-order chi connectivity index (χ0) is 22.4. The van der Waals surface area contributed by atoms with Crippen molar-refractivity contribution < 1.29 is 22.6 Å². The van der Waals surface area contributed by atoms with Crippen LogP contribution in [0.3, 0.4) is 0 Å². The minimum atomic E-state index is -3.69. The van der Waals surface area contributed by atoms with E-state index in [4.69, 9.17) is 9.77 Å². The highest BCUT2D eigenvalue weighted by molar-refractivity contribution is 9.10. The summed E-state index contributed by atoms with van der Waals surface area (Å²) in [6.07, 6.45) is 4.29. The largest absolute Gasteiger partial charge is 0.363 e. The average molecular weight is 520 g/mol. The number of nitrogens with one attached hydrogen (secondary N) is 3. The van der Waals surface area contributed by atoms with E-state index >= 15 is 0 Å². The number of anilines is 1. The van der Waals surface area contributed by atoms with Crippen molar-refractivity contribution in [3.63, 3.8) is 0 Å². The maximum atomic E-state index is 13.4. The number of aromatic nitrogens is 2. The Bertz CT molecular complexity index is 1030. The summed E-state index contributed by atoms with van der Waals surface area (Å²) in [7, 11) is -3.69. The monoisotopic (exact) mass is 519 g/mol. The summed E-state index contributed by atoms with van der Waals surface area (Å²) < 4.78 is 42.8. The van der Waals surface area contributed by atoms with Crippen LogP contribution in [0, 0.1) is 11.7 Å². The summed E-state index contributed by atoms with van der Waals surface area (Å²) in [5.41, 5.74) is 2.52. The third-order valence-electron chi connectivity index (χ3n) is 4.94. The van der Waals surface area contributed by atoms with Crippen molar-refractivity contribution in [2.24, 2.45) is 16.0 Å².